The Morgan fingerprint density at radius 1 is 0.581 bits per heavy atom. The third-order valence-corrected chi connectivity index (χ3v) is 4.87. The predicted molar refractivity (Wildman–Crippen MR) is 126 cm³/mol. The van der Waals surface area contributed by atoms with Gasteiger partial charge in [0.1, 0.15) is 0 Å². The van der Waals surface area contributed by atoms with Crippen LogP contribution in [0.4, 0.5) is 0 Å². The SMILES string of the molecule is CCCCCOCCOCCOCCOCCCC(=O)OCCCCCCCC(C)C. The first-order valence-electron chi connectivity index (χ1n) is 12.6. The monoisotopic (exact) mass is 446 g/mol. The molecule has 0 rings (SSSR count). The van der Waals surface area contributed by atoms with E-state index in [4.69, 9.17) is 23.7 Å². The largest absolute Gasteiger partial charge is 0.466 e. The molecule has 0 saturated carbocycles. The maximum absolute atomic E-state index is 11.7. The molecule has 6 heteroatoms. The van der Waals surface area contributed by atoms with Crippen molar-refractivity contribution in [3.05, 3.63) is 0 Å². The molecule has 0 aromatic heterocycles. The molecule has 0 aromatic carbocycles. The van der Waals surface area contributed by atoms with Crippen LogP contribution in [-0.4, -0.2) is 65.4 Å². The summed E-state index contributed by atoms with van der Waals surface area (Å²) in [5.74, 6) is 0.679. The van der Waals surface area contributed by atoms with Crippen molar-refractivity contribution in [1.82, 2.24) is 0 Å². The number of unbranched alkanes of at least 4 members (excludes halogenated alkanes) is 6. The molecule has 0 aliphatic heterocycles. The fourth-order valence-corrected chi connectivity index (χ4v) is 2.98. The van der Waals surface area contributed by atoms with Gasteiger partial charge in [-0.1, -0.05) is 65.7 Å². The van der Waals surface area contributed by atoms with Gasteiger partial charge in [-0.15, -0.1) is 0 Å². The van der Waals surface area contributed by atoms with Gasteiger partial charge in [-0.3, -0.25) is 4.79 Å². The fourth-order valence-electron chi connectivity index (χ4n) is 2.98. The molecule has 0 N–H and O–H groups in total. The fraction of sp³-hybridized carbons (Fsp3) is 0.960. The van der Waals surface area contributed by atoms with Crippen LogP contribution in [0, 0.1) is 5.92 Å². The highest BCUT2D eigenvalue weighted by atomic mass is 16.6. The van der Waals surface area contributed by atoms with Gasteiger partial charge in [0, 0.05) is 19.6 Å². The van der Waals surface area contributed by atoms with E-state index in [-0.39, 0.29) is 5.97 Å². The van der Waals surface area contributed by atoms with Crippen molar-refractivity contribution in [2.45, 2.75) is 91.4 Å². The standard InChI is InChI=1S/C25H50O6/c1-4-5-10-15-27-18-20-29-22-23-30-21-19-28-16-12-14-25(26)31-17-11-8-6-7-9-13-24(2)3/h24H,4-23H2,1-3H3. The lowest BCUT2D eigenvalue weighted by Crippen LogP contribution is -2.12. The van der Waals surface area contributed by atoms with Crippen molar-refractivity contribution in [2.75, 3.05) is 59.5 Å². The highest BCUT2D eigenvalue weighted by Gasteiger charge is 2.03. The topological polar surface area (TPSA) is 63.2 Å². The van der Waals surface area contributed by atoms with Crippen molar-refractivity contribution in [3.63, 3.8) is 0 Å². The van der Waals surface area contributed by atoms with E-state index >= 15 is 0 Å². The number of carbonyl (C=O) groups is 1. The van der Waals surface area contributed by atoms with Gasteiger partial charge in [-0.2, -0.15) is 0 Å². The molecule has 0 amide bonds. The van der Waals surface area contributed by atoms with Crippen molar-refractivity contribution in [2.24, 2.45) is 5.92 Å². The molecule has 6 nitrogen and oxygen atoms in total. The minimum atomic E-state index is -0.119. The minimum absolute atomic E-state index is 0.119. The lowest BCUT2D eigenvalue weighted by Gasteiger charge is -2.08. The van der Waals surface area contributed by atoms with E-state index in [1.807, 2.05) is 0 Å². The van der Waals surface area contributed by atoms with Crippen LogP contribution >= 0.6 is 0 Å². The maximum Gasteiger partial charge on any atom is 0.305 e. The molecule has 0 fully saturated rings. The minimum Gasteiger partial charge on any atom is -0.466 e. The van der Waals surface area contributed by atoms with Crippen molar-refractivity contribution < 1.29 is 28.5 Å². The maximum atomic E-state index is 11.7. The van der Waals surface area contributed by atoms with Crippen LogP contribution in [0.2, 0.25) is 0 Å². The molecule has 0 unspecified atom stereocenters. The Kier molecular flexibility index (Phi) is 25.0. The summed E-state index contributed by atoms with van der Waals surface area (Å²) >= 11 is 0. The van der Waals surface area contributed by atoms with E-state index < -0.39 is 0 Å². The van der Waals surface area contributed by atoms with E-state index in [1.54, 1.807) is 0 Å². The lowest BCUT2D eigenvalue weighted by atomic mass is 10.0. The Hall–Kier alpha value is -0.690. The molecular formula is C25H50O6. The summed E-state index contributed by atoms with van der Waals surface area (Å²) in [6, 6.07) is 0. The van der Waals surface area contributed by atoms with Gasteiger partial charge in [0.2, 0.25) is 0 Å². The number of carbonyl (C=O) groups excluding carboxylic acids is 1. The Bertz CT molecular complexity index is 362. The molecule has 0 saturated heterocycles. The molecule has 0 aromatic rings. The predicted octanol–water partition coefficient (Wildman–Crippen LogP) is 5.56. The Balaban J connectivity index is 3.14. The van der Waals surface area contributed by atoms with Gasteiger partial charge in [0.15, 0.2) is 0 Å². The first-order chi connectivity index (χ1) is 15.2. The molecule has 0 aliphatic carbocycles. The molecule has 0 bridgehead atoms. The average molecular weight is 447 g/mol. The molecular weight excluding hydrogens is 396 g/mol. The Morgan fingerprint density at radius 3 is 1.65 bits per heavy atom. The van der Waals surface area contributed by atoms with Crippen LogP contribution in [0.1, 0.15) is 91.4 Å². The van der Waals surface area contributed by atoms with Gasteiger partial charge in [0.05, 0.1) is 46.2 Å². The van der Waals surface area contributed by atoms with Crippen LogP contribution in [0.25, 0.3) is 0 Å². The van der Waals surface area contributed by atoms with Gasteiger partial charge in [0.25, 0.3) is 0 Å². The molecule has 186 valence electrons. The Morgan fingerprint density at radius 2 is 1.06 bits per heavy atom. The van der Waals surface area contributed by atoms with E-state index in [0.717, 1.165) is 31.8 Å². The van der Waals surface area contributed by atoms with E-state index in [0.29, 0.717) is 65.7 Å². The summed E-state index contributed by atoms with van der Waals surface area (Å²) in [7, 11) is 0. The normalized spacial score (nSPS) is 11.4. The van der Waals surface area contributed by atoms with Crippen molar-refractivity contribution in [1.29, 1.82) is 0 Å². The van der Waals surface area contributed by atoms with Crippen molar-refractivity contribution >= 4 is 5.97 Å². The molecule has 0 aliphatic rings. The van der Waals surface area contributed by atoms with E-state index in [1.165, 1.54) is 38.5 Å². The van der Waals surface area contributed by atoms with Gasteiger partial charge < -0.3 is 23.7 Å². The van der Waals surface area contributed by atoms with E-state index in [9.17, 15) is 4.79 Å². The molecule has 0 atom stereocenters. The number of rotatable bonds is 25. The van der Waals surface area contributed by atoms with Crippen LogP contribution in [0.15, 0.2) is 0 Å². The number of hydrogen-bond acceptors (Lipinski definition) is 6. The van der Waals surface area contributed by atoms with Crippen LogP contribution in [0.3, 0.4) is 0 Å². The lowest BCUT2D eigenvalue weighted by molar-refractivity contribution is -0.144. The summed E-state index contributed by atoms with van der Waals surface area (Å²) in [6.07, 6.45) is 11.9. The second kappa shape index (κ2) is 25.6. The molecule has 31 heavy (non-hydrogen) atoms. The zero-order valence-corrected chi connectivity index (χ0v) is 20.7. The average Bonchev–Trinajstić information content (AvgIpc) is 2.75. The van der Waals surface area contributed by atoms with Crippen molar-refractivity contribution in [3.8, 4) is 0 Å². The smallest absolute Gasteiger partial charge is 0.305 e. The van der Waals surface area contributed by atoms with Gasteiger partial charge >= 0.3 is 5.97 Å². The number of hydrogen-bond donors (Lipinski definition) is 0. The van der Waals surface area contributed by atoms with Gasteiger partial charge in [-0.25, -0.2) is 0 Å². The summed E-state index contributed by atoms with van der Waals surface area (Å²) in [4.78, 5) is 11.7. The number of ether oxygens (including phenoxy) is 5. The second-order valence-corrected chi connectivity index (χ2v) is 8.43. The second-order valence-electron chi connectivity index (χ2n) is 8.43. The zero-order valence-electron chi connectivity index (χ0n) is 20.7. The molecule has 0 heterocycles. The zero-order chi connectivity index (χ0) is 22.8. The highest BCUT2D eigenvalue weighted by molar-refractivity contribution is 5.69. The van der Waals surface area contributed by atoms with E-state index in [2.05, 4.69) is 20.8 Å². The van der Waals surface area contributed by atoms with Gasteiger partial charge in [-0.05, 0) is 25.2 Å². The third-order valence-electron chi connectivity index (χ3n) is 4.87. The third kappa shape index (κ3) is 27.3. The molecule has 0 radical (unpaired) electrons. The quantitative estimate of drug-likeness (QED) is 0.135. The first kappa shape index (κ1) is 30.3. The number of esters is 1. The summed E-state index contributed by atoms with van der Waals surface area (Å²) in [5.41, 5.74) is 0. The Labute approximate surface area is 191 Å². The highest BCUT2D eigenvalue weighted by Crippen LogP contribution is 2.10. The summed E-state index contributed by atoms with van der Waals surface area (Å²) in [5, 5.41) is 0. The first-order valence-corrected chi connectivity index (χ1v) is 12.6. The summed E-state index contributed by atoms with van der Waals surface area (Å²) in [6.45, 7) is 12.1. The van der Waals surface area contributed by atoms with Crippen LogP contribution in [0.5, 0.6) is 0 Å². The molecule has 0 spiro atoms. The van der Waals surface area contributed by atoms with Crippen LogP contribution < -0.4 is 0 Å². The summed E-state index contributed by atoms with van der Waals surface area (Å²) < 4.78 is 27.1. The van der Waals surface area contributed by atoms with Crippen LogP contribution in [-0.2, 0) is 28.5 Å².